The molecule has 3 aromatic rings. The minimum atomic E-state index is -3.42. The first-order chi connectivity index (χ1) is 14.0. The van der Waals surface area contributed by atoms with E-state index in [4.69, 9.17) is 4.42 Å². The molecule has 0 radical (unpaired) electrons. The zero-order valence-electron chi connectivity index (χ0n) is 15.7. The van der Waals surface area contributed by atoms with E-state index < -0.39 is 10.0 Å². The number of carbonyl (C=O) groups excluding carboxylic acids is 1. The van der Waals surface area contributed by atoms with Crippen LogP contribution in [0.3, 0.4) is 0 Å². The average Bonchev–Trinajstić information content (AvgIpc) is 3.41. The molecule has 150 valence electrons. The highest BCUT2D eigenvalue weighted by Crippen LogP contribution is 2.21. The van der Waals surface area contributed by atoms with Gasteiger partial charge < -0.3 is 9.73 Å². The highest BCUT2D eigenvalue weighted by molar-refractivity contribution is 7.89. The van der Waals surface area contributed by atoms with E-state index in [0.29, 0.717) is 31.1 Å². The number of hydrogen-bond acceptors (Lipinski definition) is 5. The Morgan fingerprint density at radius 1 is 1.10 bits per heavy atom. The summed E-state index contributed by atoms with van der Waals surface area (Å²) in [6.45, 7) is 1.44. The fourth-order valence-electron chi connectivity index (χ4n) is 3.21. The van der Waals surface area contributed by atoms with Gasteiger partial charge in [-0.15, -0.1) is 0 Å². The van der Waals surface area contributed by atoms with Gasteiger partial charge in [-0.25, -0.2) is 13.4 Å². The fraction of sp³-hybridized carbons (Fsp3) is 0.238. The van der Waals surface area contributed by atoms with Crippen LogP contribution >= 0.6 is 0 Å². The maximum absolute atomic E-state index is 12.5. The van der Waals surface area contributed by atoms with Gasteiger partial charge in [-0.3, -0.25) is 4.79 Å². The van der Waals surface area contributed by atoms with Crippen molar-refractivity contribution in [2.75, 3.05) is 13.1 Å². The number of oxazole rings is 1. The molecule has 7 nitrogen and oxygen atoms in total. The minimum absolute atomic E-state index is 0.283. The van der Waals surface area contributed by atoms with Gasteiger partial charge in [0.2, 0.25) is 21.8 Å². The Balaban J connectivity index is 1.34. The first-order valence-corrected chi connectivity index (χ1v) is 10.9. The van der Waals surface area contributed by atoms with E-state index in [0.717, 1.165) is 23.9 Å². The van der Waals surface area contributed by atoms with Crippen molar-refractivity contribution in [2.24, 2.45) is 0 Å². The zero-order chi connectivity index (χ0) is 20.3. The molecule has 1 saturated heterocycles. The Kier molecular flexibility index (Phi) is 5.46. The molecule has 1 N–H and O–H groups in total. The number of sulfonamides is 1. The summed E-state index contributed by atoms with van der Waals surface area (Å²) < 4.78 is 32.1. The van der Waals surface area contributed by atoms with Crippen LogP contribution in [0.25, 0.3) is 17.2 Å². The van der Waals surface area contributed by atoms with Crippen LogP contribution in [0.2, 0.25) is 0 Å². The first-order valence-electron chi connectivity index (χ1n) is 9.43. The van der Waals surface area contributed by atoms with Crippen LogP contribution in [0.15, 0.2) is 63.9 Å². The monoisotopic (exact) mass is 411 g/mol. The molecular formula is C21H21N3O4S. The third-order valence-corrected chi connectivity index (χ3v) is 6.69. The summed E-state index contributed by atoms with van der Waals surface area (Å²) in [6.07, 6.45) is 4.68. The molecule has 29 heavy (non-hydrogen) atoms. The highest BCUT2D eigenvalue weighted by Gasteiger charge is 2.26. The first kappa shape index (κ1) is 19.4. The second kappa shape index (κ2) is 8.18. The molecule has 8 heteroatoms. The molecule has 1 aliphatic heterocycles. The molecule has 1 aromatic heterocycles. The number of fused-ring (bicyclic) bond motifs is 1. The summed E-state index contributed by atoms with van der Waals surface area (Å²) in [4.78, 5) is 16.6. The number of para-hydroxylation sites is 2. The van der Waals surface area contributed by atoms with Crippen molar-refractivity contribution in [1.29, 1.82) is 0 Å². The SMILES string of the molecule is O=C(/C=C/c1nc2ccccc2o1)NCc1ccc(S(=O)(=O)N2CCCC2)cc1. The van der Waals surface area contributed by atoms with Gasteiger partial charge in [0.1, 0.15) is 5.52 Å². The second-order valence-electron chi connectivity index (χ2n) is 6.83. The lowest BCUT2D eigenvalue weighted by atomic mass is 10.2. The maximum atomic E-state index is 12.5. The number of benzene rings is 2. The fourth-order valence-corrected chi connectivity index (χ4v) is 4.73. The number of nitrogens with zero attached hydrogens (tertiary/aromatic N) is 2. The molecule has 1 amide bonds. The van der Waals surface area contributed by atoms with Crippen LogP contribution in [0.4, 0.5) is 0 Å². The topological polar surface area (TPSA) is 92.5 Å². The molecule has 1 fully saturated rings. The van der Waals surface area contributed by atoms with Crippen molar-refractivity contribution in [3.05, 3.63) is 66.1 Å². The lowest BCUT2D eigenvalue weighted by Gasteiger charge is -2.15. The van der Waals surface area contributed by atoms with Gasteiger partial charge >= 0.3 is 0 Å². The third kappa shape index (κ3) is 4.38. The second-order valence-corrected chi connectivity index (χ2v) is 8.76. The molecule has 1 aliphatic rings. The van der Waals surface area contributed by atoms with Crippen LogP contribution in [-0.2, 0) is 21.4 Å². The Hall–Kier alpha value is -2.97. The molecular weight excluding hydrogens is 390 g/mol. The molecule has 0 aliphatic carbocycles. The van der Waals surface area contributed by atoms with Crippen LogP contribution in [0.1, 0.15) is 24.3 Å². The summed E-state index contributed by atoms with van der Waals surface area (Å²) in [5.74, 6) is 0.0684. The van der Waals surface area contributed by atoms with E-state index in [1.54, 1.807) is 24.3 Å². The van der Waals surface area contributed by atoms with Gasteiger partial charge in [-0.05, 0) is 42.7 Å². The number of carbonyl (C=O) groups is 1. The standard InChI is InChI=1S/C21H21N3O4S/c25-20(11-12-21-23-18-5-1-2-6-19(18)28-21)22-15-16-7-9-17(10-8-16)29(26,27)24-13-3-4-14-24/h1-2,5-12H,3-4,13-15H2,(H,22,25)/b12-11+. The highest BCUT2D eigenvalue weighted by atomic mass is 32.2. The maximum Gasteiger partial charge on any atom is 0.244 e. The number of nitrogens with one attached hydrogen (secondary N) is 1. The van der Waals surface area contributed by atoms with Gasteiger partial charge in [-0.1, -0.05) is 24.3 Å². The van der Waals surface area contributed by atoms with Crippen LogP contribution < -0.4 is 5.32 Å². The smallest absolute Gasteiger partial charge is 0.244 e. The van der Waals surface area contributed by atoms with Crippen molar-refractivity contribution in [3.63, 3.8) is 0 Å². The summed E-state index contributed by atoms with van der Waals surface area (Å²) in [5, 5.41) is 2.76. The predicted octanol–water partition coefficient (Wildman–Crippen LogP) is 2.94. The third-order valence-electron chi connectivity index (χ3n) is 4.78. The van der Waals surface area contributed by atoms with Crippen molar-refractivity contribution in [2.45, 2.75) is 24.3 Å². The van der Waals surface area contributed by atoms with Crippen molar-refractivity contribution in [1.82, 2.24) is 14.6 Å². The predicted molar refractivity (Wildman–Crippen MR) is 109 cm³/mol. The quantitative estimate of drug-likeness (QED) is 0.630. The van der Waals surface area contributed by atoms with E-state index in [9.17, 15) is 13.2 Å². The Morgan fingerprint density at radius 2 is 1.83 bits per heavy atom. The van der Waals surface area contributed by atoms with Crippen molar-refractivity contribution >= 4 is 33.1 Å². The van der Waals surface area contributed by atoms with Gasteiger partial charge in [0, 0.05) is 31.8 Å². The number of amides is 1. The van der Waals surface area contributed by atoms with Crippen molar-refractivity contribution in [3.8, 4) is 0 Å². The Labute approximate surface area is 169 Å². The number of hydrogen-bond donors (Lipinski definition) is 1. The van der Waals surface area contributed by atoms with Crippen molar-refractivity contribution < 1.29 is 17.6 Å². The molecule has 0 bridgehead atoms. The van der Waals surface area contributed by atoms with Crippen LogP contribution in [-0.4, -0.2) is 36.7 Å². The number of rotatable bonds is 6. The minimum Gasteiger partial charge on any atom is -0.437 e. The molecule has 0 saturated carbocycles. The van der Waals surface area contributed by atoms with E-state index in [1.165, 1.54) is 16.5 Å². The lowest BCUT2D eigenvalue weighted by molar-refractivity contribution is -0.116. The molecule has 4 rings (SSSR count). The van der Waals surface area contributed by atoms with Crippen LogP contribution in [0, 0.1) is 0 Å². The average molecular weight is 411 g/mol. The largest absolute Gasteiger partial charge is 0.437 e. The zero-order valence-corrected chi connectivity index (χ0v) is 16.6. The van der Waals surface area contributed by atoms with Gasteiger partial charge in [0.15, 0.2) is 5.58 Å². The van der Waals surface area contributed by atoms with Gasteiger partial charge in [0.05, 0.1) is 4.90 Å². The number of aromatic nitrogens is 1. The van der Waals surface area contributed by atoms with E-state index in [1.807, 2.05) is 24.3 Å². The Bertz CT molecular complexity index is 1110. The summed E-state index contributed by atoms with van der Waals surface area (Å²) in [6, 6.07) is 14.0. The normalized spacial score (nSPS) is 15.3. The van der Waals surface area contributed by atoms with Crippen LogP contribution in [0.5, 0.6) is 0 Å². The Morgan fingerprint density at radius 3 is 2.55 bits per heavy atom. The molecule has 2 aromatic carbocycles. The van der Waals surface area contributed by atoms with E-state index >= 15 is 0 Å². The van der Waals surface area contributed by atoms with E-state index in [-0.39, 0.29) is 10.8 Å². The lowest BCUT2D eigenvalue weighted by Crippen LogP contribution is -2.27. The summed E-state index contributed by atoms with van der Waals surface area (Å²) in [5.41, 5.74) is 2.21. The molecule has 0 unspecified atom stereocenters. The summed E-state index contributed by atoms with van der Waals surface area (Å²) in [7, 11) is -3.42. The summed E-state index contributed by atoms with van der Waals surface area (Å²) >= 11 is 0. The van der Waals surface area contributed by atoms with E-state index in [2.05, 4.69) is 10.3 Å². The molecule has 0 atom stereocenters. The van der Waals surface area contributed by atoms with Gasteiger partial charge in [0.25, 0.3) is 0 Å². The molecule has 0 spiro atoms. The molecule has 2 heterocycles. The van der Waals surface area contributed by atoms with Gasteiger partial charge in [-0.2, -0.15) is 4.31 Å².